The van der Waals surface area contributed by atoms with Crippen LogP contribution >= 0.6 is 0 Å². The van der Waals surface area contributed by atoms with Crippen LogP contribution in [-0.4, -0.2) is 12.5 Å². The Hall–Kier alpha value is -2.72. The summed E-state index contributed by atoms with van der Waals surface area (Å²) in [6.07, 6.45) is 0. The lowest BCUT2D eigenvalue weighted by Gasteiger charge is -2.09. The molecular formula is C19H17FN2O. The fourth-order valence-electron chi connectivity index (χ4n) is 2.45. The molecule has 0 radical (unpaired) electrons. The predicted octanol–water partition coefficient (Wildman–Crippen LogP) is 3.71. The van der Waals surface area contributed by atoms with Crippen LogP contribution in [0.1, 0.15) is 5.56 Å². The second-order valence-electron chi connectivity index (χ2n) is 5.30. The summed E-state index contributed by atoms with van der Waals surface area (Å²) in [7, 11) is 0. The van der Waals surface area contributed by atoms with Crippen molar-refractivity contribution < 1.29 is 9.18 Å². The van der Waals surface area contributed by atoms with Crippen LogP contribution < -0.4 is 10.6 Å². The fourth-order valence-corrected chi connectivity index (χ4v) is 2.45. The Bertz CT molecular complexity index is 810. The summed E-state index contributed by atoms with van der Waals surface area (Å²) < 4.78 is 12.8. The van der Waals surface area contributed by atoms with Gasteiger partial charge in [0.25, 0.3) is 0 Å². The maximum atomic E-state index is 12.8. The number of carbonyl (C=O) groups excluding carboxylic acids is 1. The molecule has 0 spiro atoms. The number of nitrogens with one attached hydrogen (secondary N) is 2. The van der Waals surface area contributed by atoms with Crippen molar-refractivity contribution in [2.75, 3.05) is 11.9 Å². The topological polar surface area (TPSA) is 41.1 Å². The number of rotatable bonds is 5. The van der Waals surface area contributed by atoms with Gasteiger partial charge in [0, 0.05) is 17.6 Å². The van der Waals surface area contributed by atoms with Crippen molar-refractivity contribution in [2.45, 2.75) is 6.54 Å². The molecule has 1 amide bonds. The molecular weight excluding hydrogens is 291 g/mol. The van der Waals surface area contributed by atoms with E-state index in [4.69, 9.17) is 0 Å². The molecule has 3 rings (SSSR count). The van der Waals surface area contributed by atoms with Crippen LogP contribution in [0.5, 0.6) is 0 Å². The zero-order chi connectivity index (χ0) is 16.1. The Kier molecular flexibility index (Phi) is 4.64. The van der Waals surface area contributed by atoms with E-state index in [1.54, 1.807) is 12.1 Å². The highest BCUT2D eigenvalue weighted by Gasteiger charge is 2.05. The van der Waals surface area contributed by atoms with Crippen LogP contribution in [0.3, 0.4) is 0 Å². The van der Waals surface area contributed by atoms with E-state index in [1.165, 1.54) is 12.1 Å². The van der Waals surface area contributed by atoms with Crippen molar-refractivity contribution in [3.8, 4) is 0 Å². The smallest absolute Gasteiger partial charge is 0.238 e. The summed E-state index contributed by atoms with van der Waals surface area (Å²) in [5, 5.41) is 8.08. The number of hydrogen-bond donors (Lipinski definition) is 2. The highest BCUT2D eigenvalue weighted by molar-refractivity contribution is 6.02. The zero-order valence-electron chi connectivity index (χ0n) is 12.6. The summed E-state index contributed by atoms with van der Waals surface area (Å²) in [5.74, 6) is -0.370. The lowest BCUT2D eigenvalue weighted by Crippen LogP contribution is -2.27. The minimum absolute atomic E-state index is 0.108. The summed E-state index contributed by atoms with van der Waals surface area (Å²) in [5.41, 5.74) is 1.74. The van der Waals surface area contributed by atoms with E-state index in [9.17, 15) is 9.18 Å². The van der Waals surface area contributed by atoms with E-state index in [-0.39, 0.29) is 18.3 Å². The second-order valence-corrected chi connectivity index (χ2v) is 5.30. The molecule has 4 heteroatoms. The minimum Gasteiger partial charge on any atom is -0.324 e. The van der Waals surface area contributed by atoms with Gasteiger partial charge >= 0.3 is 0 Å². The predicted molar refractivity (Wildman–Crippen MR) is 90.7 cm³/mol. The Morgan fingerprint density at radius 2 is 1.65 bits per heavy atom. The van der Waals surface area contributed by atoms with E-state index in [0.29, 0.717) is 6.54 Å². The van der Waals surface area contributed by atoms with Crippen LogP contribution in [-0.2, 0) is 11.3 Å². The van der Waals surface area contributed by atoms with Gasteiger partial charge in [0.1, 0.15) is 5.82 Å². The third-order valence-electron chi connectivity index (χ3n) is 3.59. The molecule has 3 aromatic carbocycles. The summed E-state index contributed by atoms with van der Waals surface area (Å²) in [6, 6.07) is 20.0. The molecule has 0 unspecified atom stereocenters. The van der Waals surface area contributed by atoms with E-state index in [0.717, 1.165) is 22.0 Å². The Labute approximate surface area is 134 Å². The molecule has 0 aliphatic heterocycles. The molecule has 0 fully saturated rings. The van der Waals surface area contributed by atoms with Gasteiger partial charge in [0.05, 0.1) is 6.54 Å². The highest BCUT2D eigenvalue weighted by Crippen LogP contribution is 2.22. The lowest BCUT2D eigenvalue weighted by atomic mass is 10.1. The number of hydrogen-bond acceptors (Lipinski definition) is 2. The highest BCUT2D eigenvalue weighted by atomic mass is 19.1. The maximum absolute atomic E-state index is 12.8. The monoisotopic (exact) mass is 308 g/mol. The minimum atomic E-state index is -0.262. The molecule has 0 saturated carbocycles. The maximum Gasteiger partial charge on any atom is 0.238 e. The van der Waals surface area contributed by atoms with Crippen LogP contribution in [0.2, 0.25) is 0 Å². The van der Waals surface area contributed by atoms with Crippen LogP contribution in [0, 0.1) is 5.82 Å². The number of carbonyl (C=O) groups is 1. The first kappa shape index (κ1) is 15.2. The third-order valence-corrected chi connectivity index (χ3v) is 3.59. The van der Waals surface area contributed by atoms with E-state index < -0.39 is 0 Å². The van der Waals surface area contributed by atoms with Crippen molar-refractivity contribution in [3.05, 3.63) is 78.1 Å². The van der Waals surface area contributed by atoms with Crippen molar-refractivity contribution in [3.63, 3.8) is 0 Å². The van der Waals surface area contributed by atoms with Gasteiger partial charge in [-0.3, -0.25) is 4.79 Å². The number of halogens is 1. The first-order valence-corrected chi connectivity index (χ1v) is 7.45. The first-order valence-electron chi connectivity index (χ1n) is 7.45. The summed E-state index contributed by atoms with van der Waals surface area (Å²) >= 11 is 0. The van der Waals surface area contributed by atoms with Gasteiger partial charge in [-0.2, -0.15) is 0 Å². The van der Waals surface area contributed by atoms with Crippen molar-refractivity contribution in [1.29, 1.82) is 0 Å². The van der Waals surface area contributed by atoms with Gasteiger partial charge in [-0.05, 0) is 29.1 Å². The second kappa shape index (κ2) is 7.03. The molecule has 3 aromatic rings. The van der Waals surface area contributed by atoms with E-state index >= 15 is 0 Å². The van der Waals surface area contributed by atoms with Crippen molar-refractivity contribution in [1.82, 2.24) is 5.32 Å². The molecule has 116 valence electrons. The van der Waals surface area contributed by atoms with Crippen LogP contribution in [0.15, 0.2) is 66.7 Å². The van der Waals surface area contributed by atoms with Gasteiger partial charge in [-0.1, -0.05) is 48.5 Å². The summed E-state index contributed by atoms with van der Waals surface area (Å²) in [4.78, 5) is 12.1. The number of fused-ring (bicyclic) bond motifs is 1. The number of benzene rings is 3. The Morgan fingerprint density at radius 1 is 0.913 bits per heavy atom. The van der Waals surface area contributed by atoms with Gasteiger partial charge in [-0.25, -0.2) is 4.39 Å². The molecule has 2 N–H and O–H groups in total. The average Bonchev–Trinajstić information content (AvgIpc) is 2.57. The summed E-state index contributed by atoms with van der Waals surface area (Å²) in [6.45, 7) is 0.712. The molecule has 23 heavy (non-hydrogen) atoms. The van der Waals surface area contributed by atoms with Gasteiger partial charge in [0.2, 0.25) is 5.91 Å². The molecule has 0 heterocycles. The lowest BCUT2D eigenvalue weighted by molar-refractivity contribution is -0.115. The molecule has 0 aliphatic rings. The Balaban J connectivity index is 1.57. The largest absolute Gasteiger partial charge is 0.324 e. The molecule has 0 aliphatic carbocycles. The standard InChI is InChI=1S/C19H17FN2O/c20-16-10-8-14(9-11-16)12-21-13-19(23)22-18-7-3-5-15-4-1-2-6-17(15)18/h1-11,21H,12-13H2,(H,22,23). The van der Waals surface area contributed by atoms with Gasteiger partial charge in [0.15, 0.2) is 0 Å². The molecule has 0 aromatic heterocycles. The molecule has 0 bridgehead atoms. The first-order chi connectivity index (χ1) is 11.2. The molecule has 3 nitrogen and oxygen atoms in total. The quantitative estimate of drug-likeness (QED) is 0.754. The molecule has 0 saturated heterocycles. The third kappa shape index (κ3) is 3.93. The SMILES string of the molecule is O=C(CNCc1ccc(F)cc1)Nc1cccc2ccccc12. The van der Waals surface area contributed by atoms with Gasteiger partial charge < -0.3 is 10.6 Å². The fraction of sp³-hybridized carbons (Fsp3) is 0.105. The Morgan fingerprint density at radius 3 is 2.48 bits per heavy atom. The van der Waals surface area contributed by atoms with E-state index in [1.807, 2.05) is 42.5 Å². The van der Waals surface area contributed by atoms with Crippen LogP contribution in [0.25, 0.3) is 10.8 Å². The van der Waals surface area contributed by atoms with Crippen LogP contribution in [0.4, 0.5) is 10.1 Å². The van der Waals surface area contributed by atoms with Crippen molar-refractivity contribution >= 4 is 22.4 Å². The zero-order valence-corrected chi connectivity index (χ0v) is 12.6. The number of amides is 1. The van der Waals surface area contributed by atoms with Crippen molar-refractivity contribution in [2.24, 2.45) is 0 Å². The normalized spacial score (nSPS) is 10.7. The number of anilines is 1. The molecule has 0 atom stereocenters. The van der Waals surface area contributed by atoms with E-state index in [2.05, 4.69) is 10.6 Å². The average molecular weight is 308 g/mol. The van der Waals surface area contributed by atoms with Gasteiger partial charge in [-0.15, -0.1) is 0 Å².